The van der Waals surface area contributed by atoms with Crippen LogP contribution in [0.1, 0.15) is 120 Å². The average Bonchev–Trinajstić information content (AvgIpc) is 4.12. The largest absolute Gasteiger partial charge is 0.467 e. The van der Waals surface area contributed by atoms with Crippen molar-refractivity contribution < 1.29 is 72.5 Å². The van der Waals surface area contributed by atoms with Crippen molar-refractivity contribution in [1.29, 1.82) is 0 Å². The Hall–Kier alpha value is -5.36. The van der Waals surface area contributed by atoms with Crippen LogP contribution in [0.2, 0.25) is 0 Å². The second-order valence-electron chi connectivity index (χ2n) is 22.3. The predicted molar refractivity (Wildman–Crippen MR) is 278 cm³/mol. The molecule has 74 heavy (non-hydrogen) atoms. The van der Waals surface area contributed by atoms with Crippen molar-refractivity contribution in [2.75, 3.05) is 32.2 Å². The molecule has 19 nitrogen and oxygen atoms in total. The maximum atomic E-state index is 14.1. The number of methoxy groups -OCH3 is 2. The number of carbonyl (C=O) groups excluding carboxylic acids is 7. The fraction of sp³-hybridized carbons (Fsp3) is 0.635. The first-order valence-corrected chi connectivity index (χ1v) is 25.7. The SMILES string of the molecule is COC(=O)[C@@H]1C[C@@H](O)CN1C(=O)[C@@H](NC(=O)OC(C)(C)C)C(C)(C)C.COC(=O)[C@@H]1C[C@@H](OC(=O)N2Cc3cccc(F)c3C2)CN1C(=O)[C@@H](NC(=O)OC(C)(C)C)C(C)(C)C.Fc1cccc2c1CNC2.[2H]CI. The van der Waals surface area contributed by atoms with Crippen LogP contribution < -0.4 is 16.0 Å². The molecule has 2 saturated heterocycles. The van der Waals surface area contributed by atoms with E-state index in [4.69, 9.17) is 25.1 Å². The Balaban J connectivity index is 0.000000332. The fourth-order valence-electron chi connectivity index (χ4n) is 8.40. The van der Waals surface area contributed by atoms with E-state index >= 15 is 0 Å². The van der Waals surface area contributed by atoms with Crippen LogP contribution in [0, 0.1) is 22.5 Å². The highest BCUT2D eigenvalue weighted by Crippen LogP contribution is 2.31. The van der Waals surface area contributed by atoms with Gasteiger partial charge in [-0.05, 0) is 80.5 Å². The molecule has 4 aliphatic heterocycles. The lowest BCUT2D eigenvalue weighted by Gasteiger charge is -2.35. The topological polar surface area (TPSA) is 232 Å². The van der Waals surface area contributed by atoms with Crippen molar-refractivity contribution in [2.24, 2.45) is 10.8 Å². The summed E-state index contributed by atoms with van der Waals surface area (Å²) in [5.41, 5.74) is 0.257. The van der Waals surface area contributed by atoms with Crippen molar-refractivity contribution in [3.63, 3.8) is 0 Å². The lowest BCUT2D eigenvalue weighted by atomic mass is 9.85. The number of halogens is 3. The van der Waals surface area contributed by atoms with Crippen molar-refractivity contribution in [2.45, 2.75) is 170 Å². The van der Waals surface area contributed by atoms with E-state index in [1.54, 1.807) is 101 Å². The van der Waals surface area contributed by atoms with Gasteiger partial charge in [-0.3, -0.25) is 14.5 Å². The standard InChI is InChI=1S/C26H36FN3O7.C17H30N2O6.C8H8FN.CH3I/c1-25(2,3)20(28-23(33)37-26(4,5)6)21(31)30-13-16(11-19(30)22(32)35-7)36-24(34)29-12-15-9-8-10-18(27)17(15)14-29;1-16(2,3)12(18-15(23)25-17(4,5)6)13(21)19-9-10(20)8-11(19)14(22)24-7;9-8-3-1-2-6-4-10-5-7(6)8;1-2/h8-10,16,19-20H,11-14H2,1-7H3,(H,28,33);10-12,20H,8-9H2,1-7H3,(H,18,23);1-3,10H,4-5H2;1H3/t16-,19+,20-;10-,11+,12-;;/m11../s1/i;;;1D. The molecule has 4 N–H and O–H groups in total. The van der Waals surface area contributed by atoms with Gasteiger partial charge in [-0.15, -0.1) is 0 Å². The molecular formula is C52H77F2IN6O13. The van der Waals surface area contributed by atoms with Crippen LogP contribution in [-0.2, 0) is 69.0 Å². The van der Waals surface area contributed by atoms with Crippen LogP contribution >= 0.6 is 22.6 Å². The number of nitrogens with zero attached hydrogens (tertiary/aromatic N) is 3. The quantitative estimate of drug-likeness (QED) is 0.0957. The minimum Gasteiger partial charge on any atom is -0.467 e. The summed E-state index contributed by atoms with van der Waals surface area (Å²) in [6, 6.07) is 6.07. The third-order valence-electron chi connectivity index (χ3n) is 11.9. The molecule has 4 aliphatic rings. The van der Waals surface area contributed by atoms with Gasteiger partial charge in [0.15, 0.2) is 0 Å². The summed E-state index contributed by atoms with van der Waals surface area (Å²) in [7, 11) is 2.44. The maximum Gasteiger partial charge on any atom is 0.410 e. The molecule has 2 aromatic rings. The Labute approximate surface area is 448 Å². The molecule has 0 bridgehead atoms. The van der Waals surface area contributed by atoms with Crippen molar-refractivity contribution in [3.05, 3.63) is 70.3 Å². The molecule has 2 fully saturated rings. The summed E-state index contributed by atoms with van der Waals surface area (Å²) in [6.45, 7) is 22.7. The summed E-state index contributed by atoms with van der Waals surface area (Å²) < 4.78 is 58.9. The first-order chi connectivity index (χ1) is 34.7. The number of likely N-dealkylation sites (tertiary alicyclic amines) is 2. The van der Waals surface area contributed by atoms with Crippen LogP contribution in [0.4, 0.5) is 23.2 Å². The normalized spacial score (nSPS) is 20.0. The van der Waals surface area contributed by atoms with Crippen molar-refractivity contribution in [1.82, 2.24) is 30.7 Å². The number of hydrogen-bond acceptors (Lipinski definition) is 14. The molecule has 4 heterocycles. The zero-order valence-electron chi connectivity index (χ0n) is 46.1. The fourth-order valence-corrected chi connectivity index (χ4v) is 8.40. The second kappa shape index (κ2) is 26.4. The molecule has 0 radical (unpaired) electrons. The molecule has 414 valence electrons. The number of ether oxygens (including phenoxy) is 5. The number of aliphatic hydroxyl groups is 1. The van der Waals surface area contributed by atoms with Gasteiger partial charge >= 0.3 is 30.2 Å². The molecule has 6 atom stereocenters. The van der Waals surface area contributed by atoms with E-state index in [0.717, 1.165) is 17.7 Å². The van der Waals surface area contributed by atoms with Gasteiger partial charge in [0.25, 0.3) is 0 Å². The zero-order valence-corrected chi connectivity index (χ0v) is 47.3. The number of benzene rings is 2. The highest BCUT2D eigenvalue weighted by atomic mass is 127. The lowest BCUT2D eigenvalue weighted by molar-refractivity contribution is -0.152. The molecular weight excluding hydrogens is 1080 g/mol. The molecule has 0 spiro atoms. The van der Waals surface area contributed by atoms with E-state index in [1.807, 2.05) is 28.7 Å². The summed E-state index contributed by atoms with van der Waals surface area (Å²) in [4.78, 5) is 93.0. The number of β-amino-alcohol motifs (C(OH)–C–C–N with tert-alkyl or cyclic N) is 1. The van der Waals surface area contributed by atoms with Gasteiger partial charge in [0.2, 0.25) is 11.8 Å². The van der Waals surface area contributed by atoms with Crippen LogP contribution in [0.15, 0.2) is 36.4 Å². The zero-order chi connectivity index (χ0) is 57.0. The van der Waals surface area contributed by atoms with Gasteiger partial charge in [0, 0.05) is 51.5 Å². The van der Waals surface area contributed by atoms with E-state index in [9.17, 15) is 47.4 Å². The van der Waals surface area contributed by atoms with Gasteiger partial charge in [0.1, 0.15) is 53.1 Å². The van der Waals surface area contributed by atoms with Gasteiger partial charge in [-0.25, -0.2) is 32.8 Å². The number of hydrogen-bond donors (Lipinski definition) is 4. The molecule has 2 aromatic carbocycles. The van der Waals surface area contributed by atoms with Gasteiger partial charge in [0.05, 0.1) is 33.4 Å². The monoisotopic (exact) mass is 1160 g/mol. The van der Waals surface area contributed by atoms with Crippen molar-refractivity contribution >= 4 is 64.6 Å². The third kappa shape index (κ3) is 17.9. The number of carbonyl (C=O) groups is 7. The molecule has 0 aromatic heterocycles. The molecule has 22 heteroatoms. The Morgan fingerprint density at radius 3 is 1.57 bits per heavy atom. The summed E-state index contributed by atoms with van der Waals surface area (Å²) in [5.74, 6) is -2.69. The first-order valence-electron chi connectivity index (χ1n) is 24.8. The lowest BCUT2D eigenvalue weighted by Crippen LogP contribution is -2.57. The summed E-state index contributed by atoms with van der Waals surface area (Å²) in [5, 5.41) is 18.2. The second-order valence-corrected chi connectivity index (χ2v) is 22.3. The van der Waals surface area contributed by atoms with Crippen molar-refractivity contribution in [3.8, 4) is 0 Å². The Kier molecular flexibility index (Phi) is 21.8. The highest BCUT2D eigenvalue weighted by Gasteiger charge is 2.48. The Morgan fingerprint density at radius 1 is 0.689 bits per heavy atom. The molecule has 0 aliphatic carbocycles. The van der Waals surface area contributed by atoms with E-state index in [-0.39, 0.29) is 50.7 Å². The minimum absolute atomic E-state index is 0.0151. The Bertz CT molecular complexity index is 2340. The number of aliphatic hydroxyl groups excluding tert-OH is 1. The van der Waals surface area contributed by atoms with E-state index in [2.05, 4.69) is 16.0 Å². The van der Waals surface area contributed by atoms with Gasteiger partial charge in [-0.1, -0.05) is 88.4 Å². The molecule has 0 unspecified atom stereocenters. The number of alkyl halides is 1. The van der Waals surface area contributed by atoms with E-state index in [1.165, 1.54) is 41.1 Å². The van der Waals surface area contributed by atoms with Crippen LogP contribution in [-0.4, -0.2) is 142 Å². The average molecular weight is 1160 g/mol. The number of esters is 2. The van der Waals surface area contributed by atoms with E-state index < -0.39 is 100 Å². The molecule has 0 saturated carbocycles. The minimum atomic E-state index is -1.03. The molecule has 5 amide bonds. The maximum absolute atomic E-state index is 14.1. The Morgan fingerprint density at radius 2 is 1.14 bits per heavy atom. The number of alkyl carbamates (subject to hydrolysis) is 2. The summed E-state index contributed by atoms with van der Waals surface area (Å²) in [6.07, 6.45) is -3.61. The number of nitrogens with one attached hydrogen (secondary N) is 3. The summed E-state index contributed by atoms with van der Waals surface area (Å²) >= 11 is 1.96. The molecule has 6 rings (SSSR count). The first kappa shape index (κ1) is 61.2. The van der Waals surface area contributed by atoms with E-state index in [0.29, 0.717) is 22.6 Å². The van der Waals surface area contributed by atoms with Crippen LogP contribution in [0.25, 0.3) is 0 Å². The number of amides is 5. The van der Waals surface area contributed by atoms with Gasteiger partial charge < -0.3 is 54.5 Å². The number of fused-ring (bicyclic) bond motifs is 2. The number of rotatable bonds is 7. The van der Waals surface area contributed by atoms with Crippen LogP contribution in [0.3, 0.4) is 0 Å². The smallest absolute Gasteiger partial charge is 0.410 e. The predicted octanol–water partition coefficient (Wildman–Crippen LogP) is 6.90. The highest BCUT2D eigenvalue weighted by molar-refractivity contribution is 14.1. The third-order valence-corrected chi connectivity index (χ3v) is 11.9. The van der Waals surface area contributed by atoms with Crippen LogP contribution in [0.5, 0.6) is 0 Å². The van der Waals surface area contributed by atoms with Gasteiger partial charge in [-0.2, -0.15) is 0 Å².